The Morgan fingerprint density at radius 2 is 1.72 bits per heavy atom. The van der Waals surface area contributed by atoms with Gasteiger partial charge in [0, 0.05) is 5.75 Å². The Labute approximate surface area is 239 Å². The minimum atomic E-state index is -0.837. The molecule has 0 radical (unpaired) electrons. The molecule has 0 spiro atoms. The molecule has 1 amide bonds. The zero-order chi connectivity index (χ0) is 27.8. The van der Waals surface area contributed by atoms with Gasteiger partial charge in [-0.05, 0) is 43.4 Å². The van der Waals surface area contributed by atoms with Gasteiger partial charge in [0.2, 0.25) is 10.9 Å². The zero-order valence-corrected chi connectivity index (χ0v) is 24.7. The summed E-state index contributed by atoms with van der Waals surface area (Å²) in [5, 5.41) is 20.8. The molecule has 1 aliphatic heterocycles. The van der Waals surface area contributed by atoms with Crippen molar-refractivity contribution in [1.29, 1.82) is 0 Å². The molecule has 5 rings (SSSR count). The molecular formula is C29H28N4O3S3. The van der Waals surface area contributed by atoms with E-state index in [4.69, 9.17) is 0 Å². The topological polar surface area (TPSA) is 96.3 Å². The second-order valence-electron chi connectivity index (χ2n) is 9.76. The summed E-state index contributed by atoms with van der Waals surface area (Å²) in [5.74, 6) is -0.596. The minimum Gasteiger partial charge on any atom is -0.503 e. The third kappa shape index (κ3) is 5.41. The molecule has 0 fully saturated rings. The third-order valence-corrected chi connectivity index (χ3v) is 9.76. The van der Waals surface area contributed by atoms with Crippen LogP contribution in [0.4, 0.5) is 5.13 Å². The van der Waals surface area contributed by atoms with Crippen LogP contribution in [-0.2, 0) is 10.5 Å². The summed E-state index contributed by atoms with van der Waals surface area (Å²) in [5.41, 5.74) is 4.81. The first-order valence-corrected chi connectivity index (χ1v) is 15.1. The number of thiazole rings is 1. The maximum Gasteiger partial charge on any atom is 0.296 e. The van der Waals surface area contributed by atoms with Gasteiger partial charge in [0.15, 0.2) is 10.1 Å². The van der Waals surface area contributed by atoms with E-state index in [0.717, 1.165) is 16.1 Å². The number of aliphatic hydroxyl groups is 1. The number of aryl methyl sites for hydroxylation is 3. The molecule has 200 valence electrons. The standard InChI is InChI=1S/C29H28N4O3S3/c1-15(2)20-10-12-21(13-11-20)23-22(24(34)26-17(4)30-18(5)38-26)25(35)27(36)33(23)28-31-32-29(39-28)37-14-19-8-6-16(3)7-9-19/h6-13,15,23,35H,14H2,1-5H3. The number of thioether (sulfide) groups is 1. The minimum absolute atomic E-state index is 0.0353. The first-order valence-electron chi connectivity index (χ1n) is 12.5. The molecule has 2 aromatic carbocycles. The number of aromatic nitrogens is 3. The van der Waals surface area contributed by atoms with Crippen molar-refractivity contribution in [3.05, 3.63) is 97.7 Å². The maximum atomic E-state index is 13.8. The molecule has 10 heteroatoms. The fraction of sp³-hybridized carbons (Fsp3) is 0.276. The van der Waals surface area contributed by atoms with E-state index in [0.29, 0.717) is 37.3 Å². The number of benzene rings is 2. The number of aliphatic hydroxyl groups excluding tert-OH is 1. The molecule has 39 heavy (non-hydrogen) atoms. The van der Waals surface area contributed by atoms with Crippen molar-refractivity contribution in [2.45, 2.75) is 56.7 Å². The van der Waals surface area contributed by atoms with E-state index < -0.39 is 23.5 Å². The van der Waals surface area contributed by atoms with Crippen LogP contribution in [0.2, 0.25) is 0 Å². The first-order chi connectivity index (χ1) is 18.6. The highest BCUT2D eigenvalue weighted by atomic mass is 32.2. The van der Waals surface area contributed by atoms with Crippen LogP contribution in [0.1, 0.15) is 68.4 Å². The lowest BCUT2D eigenvalue weighted by Crippen LogP contribution is -2.31. The number of rotatable bonds is 8. The number of ketones is 1. The van der Waals surface area contributed by atoms with Crippen molar-refractivity contribution >= 4 is 51.3 Å². The molecule has 1 N–H and O–H groups in total. The molecule has 0 saturated heterocycles. The monoisotopic (exact) mass is 576 g/mol. The van der Waals surface area contributed by atoms with Gasteiger partial charge in [-0.25, -0.2) is 4.98 Å². The number of hydrogen-bond donors (Lipinski definition) is 1. The summed E-state index contributed by atoms with van der Waals surface area (Å²) in [6.07, 6.45) is 0. The zero-order valence-electron chi connectivity index (χ0n) is 22.3. The molecule has 2 aromatic heterocycles. The van der Waals surface area contributed by atoms with Gasteiger partial charge in [-0.2, -0.15) is 0 Å². The van der Waals surface area contributed by atoms with Gasteiger partial charge in [0.05, 0.1) is 27.2 Å². The molecule has 0 aliphatic carbocycles. The van der Waals surface area contributed by atoms with Gasteiger partial charge in [-0.15, -0.1) is 21.5 Å². The lowest BCUT2D eigenvalue weighted by molar-refractivity contribution is -0.117. The highest BCUT2D eigenvalue weighted by Gasteiger charge is 2.46. The van der Waals surface area contributed by atoms with Crippen molar-refractivity contribution in [1.82, 2.24) is 15.2 Å². The Morgan fingerprint density at radius 3 is 2.33 bits per heavy atom. The van der Waals surface area contributed by atoms with Crippen molar-refractivity contribution in [3.8, 4) is 0 Å². The summed E-state index contributed by atoms with van der Waals surface area (Å²) in [6, 6.07) is 15.3. The van der Waals surface area contributed by atoms with Crippen LogP contribution in [-0.4, -0.2) is 32.0 Å². The van der Waals surface area contributed by atoms with Crippen molar-refractivity contribution in [2.24, 2.45) is 0 Å². The van der Waals surface area contributed by atoms with E-state index in [1.54, 1.807) is 6.92 Å². The average Bonchev–Trinajstić information content (AvgIpc) is 3.59. The summed E-state index contributed by atoms with van der Waals surface area (Å²) >= 11 is 4.06. The molecule has 1 atom stereocenters. The predicted octanol–water partition coefficient (Wildman–Crippen LogP) is 7.12. The van der Waals surface area contributed by atoms with Crippen molar-refractivity contribution in [2.75, 3.05) is 4.90 Å². The van der Waals surface area contributed by atoms with Crippen LogP contribution >= 0.6 is 34.4 Å². The van der Waals surface area contributed by atoms with Crippen LogP contribution < -0.4 is 4.90 Å². The second-order valence-corrected chi connectivity index (χ2v) is 13.1. The molecule has 1 aliphatic rings. The van der Waals surface area contributed by atoms with Crippen molar-refractivity contribution in [3.63, 3.8) is 0 Å². The number of nitrogens with zero attached hydrogens (tertiary/aromatic N) is 4. The molecule has 7 nitrogen and oxygen atoms in total. The Hall–Kier alpha value is -3.34. The predicted molar refractivity (Wildman–Crippen MR) is 157 cm³/mol. The number of amides is 1. The van der Waals surface area contributed by atoms with Gasteiger partial charge >= 0.3 is 0 Å². The average molecular weight is 577 g/mol. The highest BCUT2D eigenvalue weighted by molar-refractivity contribution is 8.00. The van der Waals surface area contributed by atoms with E-state index in [9.17, 15) is 14.7 Å². The molecule has 0 bridgehead atoms. The normalized spacial score (nSPS) is 15.6. The summed E-state index contributed by atoms with van der Waals surface area (Å²) in [4.78, 5) is 33.5. The van der Waals surface area contributed by atoms with Crippen LogP contribution in [0, 0.1) is 20.8 Å². The number of hydrogen-bond acceptors (Lipinski definition) is 9. The fourth-order valence-corrected chi connectivity index (χ4v) is 7.16. The highest BCUT2D eigenvalue weighted by Crippen LogP contribution is 2.44. The SMILES string of the molecule is Cc1ccc(CSc2nnc(N3C(=O)C(O)=C(C(=O)c4sc(C)nc4C)C3c3ccc(C(C)C)cc3)s2)cc1. The lowest BCUT2D eigenvalue weighted by atomic mass is 9.93. The quantitative estimate of drug-likeness (QED) is 0.136. The Kier molecular flexibility index (Phi) is 7.70. The summed E-state index contributed by atoms with van der Waals surface area (Å²) in [6.45, 7) is 9.85. The molecule has 0 saturated carbocycles. The van der Waals surface area contributed by atoms with Gasteiger partial charge in [0.1, 0.15) is 0 Å². The summed E-state index contributed by atoms with van der Waals surface area (Å²) < 4.78 is 0.695. The number of anilines is 1. The van der Waals surface area contributed by atoms with E-state index in [1.807, 2.05) is 38.1 Å². The smallest absolute Gasteiger partial charge is 0.296 e. The Balaban J connectivity index is 1.51. The Bertz CT molecular complexity index is 1570. The van der Waals surface area contributed by atoms with Crippen LogP contribution in [0.25, 0.3) is 0 Å². The Morgan fingerprint density at radius 1 is 1.03 bits per heavy atom. The van der Waals surface area contributed by atoms with Gasteiger partial charge < -0.3 is 5.11 Å². The lowest BCUT2D eigenvalue weighted by Gasteiger charge is -2.24. The molecular weight excluding hydrogens is 549 g/mol. The van der Waals surface area contributed by atoms with Crippen LogP contribution in [0.5, 0.6) is 0 Å². The van der Waals surface area contributed by atoms with E-state index in [1.165, 1.54) is 44.9 Å². The van der Waals surface area contributed by atoms with E-state index >= 15 is 0 Å². The molecule has 1 unspecified atom stereocenters. The van der Waals surface area contributed by atoms with Crippen LogP contribution in [0.3, 0.4) is 0 Å². The first kappa shape index (κ1) is 27.2. The molecule has 3 heterocycles. The number of carbonyl (C=O) groups is 2. The largest absolute Gasteiger partial charge is 0.503 e. The second kappa shape index (κ2) is 11.0. The van der Waals surface area contributed by atoms with Crippen LogP contribution in [0.15, 0.2) is 64.2 Å². The van der Waals surface area contributed by atoms with Gasteiger partial charge in [0.25, 0.3) is 5.91 Å². The third-order valence-electron chi connectivity index (χ3n) is 6.57. The van der Waals surface area contributed by atoms with Gasteiger partial charge in [-0.3, -0.25) is 14.5 Å². The number of carbonyl (C=O) groups excluding carboxylic acids is 2. The van der Waals surface area contributed by atoms with Crippen molar-refractivity contribution < 1.29 is 14.7 Å². The molecule has 4 aromatic rings. The summed E-state index contributed by atoms with van der Waals surface area (Å²) in [7, 11) is 0. The van der Waals surface area contributed by atoms with E-state index in [2.05, 4.69) is 53.3 Å². The van der Waals surface area contributed by atoms with E-state index in [-0.39, 0.29) is 5.57 Å². The maximum absolute atomic E-state index is 13.8. The fourth-order valence-electron chi connectivity index (χ4n) is 4.46. The van der Waals surface area contributed by atoms with Gasteiger partial charge in [-0.1, -0.05) is 91.0 Å². The number of Topliss-reactive ketones (excluding diaryl/α,β-unsaturated/α-hetero) is 1.